The summed E-state index contributed by atoms with van der Waals surface area (Å²) in [5.74, 6) is -1.67. The highest BCUT2D eigenvalue weighted by molar-refractivity contribution is 7.98. The van der Waals surface area contributed by atoms with Crippen LogP contribution < -0.4 is 19.7 Å². The molecule has 11 nitrogen and oxygen atoms in total. The third-order valence-electron chi connectivity index (χ3n) is 7.58. The topological polar surface area (TPSA) is 157 Å². The molecule has 4 aromatic carbocycles. The van der Waals surface area contributed by atoms with Gasteiger partial charge in [0.2, 0.25) is 0 Å². The highest BCUT2D eigenvalue weighted by Gasteiger charge is 2.31. The summed E-state index contributed by atoms with van der Waals surface area (Å²) >= 11 is 0. The van der Waals surface area contributed by atoms with Crippen LogP contribution in [0.2, 0.25) is 0 Å². The van der Waals surface area contributed by atoms with Crippen molar-refractivity contribution in [3.8, 4) is 28.2 Å². The van der Waals surface area contributed by atoms with Crippen molar-refractivity contribution in [1.82, 2.24) is 10.6 Å². The fourth-order valence-electron chi connectivity index (χ4n) is 5.08. The van der Waals surface area contributed by atoms with Crippen molar-refractivity contribution in [3.63, 3.8) is 0 Å². The Labute approximate surface area is 269 Å². The van der Waals surface area contributed by atoms with Gasteiger partial charge in [-0.3, -0.25) is 9.59 Å². The first-order valence-electron chi connectivity index (χ1n) is 14.0. The number of benzene rings is 4. The lowest BCUT2D eigenvalue weighted by Gasteiger charge is -2.19. The van der Waals surface area contributed by atoms with Crippen LogP contribution in [0, 0.1) is 17.2 Å². The second-order valence-electron chi connectivity index (χ2n) is 10.5. The summed E-state index contributed by atoms with van der Waals surface area (Å²) in [5, 5.41) is 9.17. The zero-order valence-electron chi connectivity index (χ0n) is 25.7. The maximum Gasteiger partial charge on any atom is 0.309 e. The summed E-state index contributed by atoms with van der Waals surface area (Å²) in [7, 11) is 0.671. The lowest BCUT2D eigenvalue weighted by Crippen LogP contribution is -2.31. The number of amides is 2. The van der Waals surface area contributed by atoms with Crippen LogP contribution >= 0.6 is 0 Å². The molecule has 47 heavy (non-hydrogen) atoms. The predicted molar refractivity (Wildman–Crippen MR) is 174 cm³/mol. The fourth-order valence-corrected chi connectivity index (χ4v) is 5.60. The SMILES string of the molecule is CNC(=O)c1c(-c2ccc(F)cc2)oc2cc(N(C)[S+](C)(=O)O)c(-c3ccc(N=N)c(C(=O)NCc4ccc(F)cc4OC)c3)cc12. The van der Waals surface area contributed by atoms with Crippen molar-refractivity contribution in [3.05, 3.63) is 101 Å². The quantitative estimate of drug-likeness (QED) is 0.0936. The van der Waals surface area contributed by atoms with E-state index >= 15 is 0 Å². The van der Waals surface area contributed by atoms with Gasteiger partial charge in [0.05, 0.1) is 36.7 Å². The molecule has 2 amide bonds. The van der Waals surface area contributed by atoms with Crippen LogP contribution in [0.5, 0.6) is 5.75 Å². The highest BCUT2D eigenvalue weighted by atomic mass is 32.3. The van der Waals surface area contributed by atoms with Crippen LogP contribution in [0.4, 0.5) is 20.2 Å². The Balaban J connectivity index is 1.68. The Bertz CT molecular complexity index is 2080. The van der Waals surface area contributed by atoms with Crippen molar-refractivity contribution in [2.24, 2.45) is 5.11 Å². The minimum atomic E-state index is -3.57. The van der Waals surface area contributed by atoms with E-state index in [1.807, 2.05) is 0 Å². The molecular weight excluding hydrogens is 632 g/mol. The first-order valence-corrected chi connectivity index (χ1v) is 15.9. The first kappa shape index (κ1) is 32.9. The number of hydrogen-bond donors (Lipinski definition) is 4. The molecule has 4 N–H and O–H groups in total. The van der Waals surface area contributed by atoms with E-state index in [0.29, 0.717) is 27.6 Å². The molecule has 0 aliphatic rings. The predicted octanol–water partition coefficient (Wildman–Crippen LogP) is 6.96. The van der Waals surface area contributed by atoms with Gasteiger partial charge in [-0.15, -0.1) is 0 Å². The number of furan rings is 1. The van der Waals surface area contributed by atoms with Gasteiger partial charge in [0.15, 0.2) is 6.26 Å². The summed E-state index contributed by atoms with van der Waals surface area (Å²) in [4.78, 5) is 26.6. The molecule has 1 aromatic heterocycles. The summed E-state index contributed by atoms with van der Waals surface area (Å²) in [6.45, 7) is -0.0248. The van der Waals surface area contributed by atoms with Gasteiger partial charge < -0.3 is 19.8 Å². The number of halogens is 2. The lowest BCUT2D eigenvalue weighted by molar-refractivity contribution is 0.0947. The van der Waals surface area contributed by atoms with Gasteiger partial charge in [0.25, 0.3) is 11.8 Å². The fraction of sp³-hybridized carbons (Fsp3) is 0.152. The largest absolute Gasteiger partial charge is 0.496 e. The molecule has 0 bridgehead atoms. The summed E-state index contributed by atoms with van der Waals surface area (Å²) in [6, 6.07) is 16.9. The number of ether oxygens (including phenoxy) is 1. The molecule has 0 saturated carbocycles. The van der Waals surface area contributed by atoms with Gasteiger partial charge >= 0.3 is 10.4 Å². The molecule has 0 fully saturated rings. The molecule has 0 radical (unpaired) electrons. The highest BCUT2D eigenvalue weighted by Crippen LogP contribution is 2.42. The maximum atomic E-state index is 13.7. The number of carbonyl (C=O) groups is 2. The van der Waals surface area contributed by atoms with E-state index in [9.17, 15) is 27.1 Å². The number of carbonyl (C=O) groups excluding carboxylic acids is 2. The van der Waals surface area contributed by atoms with E-state index in [1.165, 1.54) is 81.9 Å². The maximum absolute atomic E-state index is 13.7. The number of nitrogens with zero attached hydrogens (tertiary/aromatic N) is 2. The van der Waals surface area contributed by atoms with E-state index < -0.39 is 33.8 Å². The molecule has 0 spiro atoms. The molecule has 1 atom stereocenters. The van der Waals surface area contributed by atoms with E-state index in [0.717, 1.165) is 10.6 Å². The monoisotopic (exact) mass is 662 g/mol. The summed E-state index contributed by atoms with van der Waals surface area (Å²) < 4.78 is 63.3. The Morgan fingerprint density at radius 2 is 1.68 bits per heavy atom. The van der Waals surface area contributed by atoms with Gasteiger partial charge in [0.1, 0.15) is 28.7 Å². The Hall–Kier alpha value is -5.47. The van der Waals surface area contributed by atoms with Gasteiger partial charge in [-0.2, -0.15) is 14.0 Å². The standard InChI is InChI=1S/C33H29F2N5O6S/c1-37-33(42)30-25-15-23(27(40(2)47(4,43)44)16-29(25)46-31(30)18-5-9-21(34)10-6-18)19-8-12-26(39-36)24(13-19)32(41)38-17-20-7-11-22(35)14-28(20)45-3/h5-16,36H,17H2,1-4H3,(H2-,37,38,41,42,43,44)/p+1. The van der Waals surface area contributed by atoms with E-state index in [-0.39, 0.29) is 46.1 Å². The molecule has 1 heterocycles. The van der Waals surface area contributed by atoms with Gasteiger partial charge in [-0.25, -0.2) is 14.3 Å². The molecule has 5 aromatic rings. The van der Waals surface area contributed by atoms with E-state index in [2.05, 4.69) is 15.7 Å². The van der Waals surface area contributed by atoms with Crippen LogP contribution in [0.1, 0.15) is 26.3 Å². The van der Waals surface area contributed by atoms with E-state index in [1.54, 1.807) is 12.1 Å². The third-order valence-corrected chi connectivity index (χ3v) is 8.79. The summed E-state index contributed by atoms with van der Waals surface area (Å²) in [5.41, 5.74) is 9.98. The number of hydrogen-bond acceptors (Lipinski definition) is 7. The second-order valence-corrected chi connectivity index (χ2v) is 12.6. The minimum absolute atomic E-state index is 0.0132. The van der Waals surface area contributed by atoms with Crippen LogP contribution in [-0.4, -0.2) is 43.8 Å². The number of anilines is 1. The number of nitrogens with one attached hydrogen (secondary N) is 3. The smallest absolute Gasteiger partial charge is 0.309 e. The lowest BCUT2D eigenvalue weighted by atomic mass is 9.96. The second kappa shape index (κ2) is 13.1. The molecule has 5 rings (SSSR count). The van der Waals surface area contributed by atoms with Crippen molar-refractivity contribution in [2.45, 2.75) is 6.54 Å². The van der Waals surface area contributed by atoms with Crippen LogP contribution in [-0.2, 0) is 21.2 Å². The number of rotatable bonds is 10. The molecule has 0 saturated heterocycles. The zero-order chi connectivity index (χ0) is 34.0. The minimum Gasteiger partial charge on any atom is -0.496 e. The van der Waals surface area contributed by atoms with Crippen molar-refractivity contribution >= 4 is 44.6 Å². The van der Waals surface area contributed by atoms with Gasteiger partial charge in [0, 0.05) is 47.8 Å². The number of methoxy groups -OCH3 is 1. The Kier molecular flexibility index (Phi) is 9.17. The first-order chi connectivity index (χ1) is 22.4. The third kappa shape index (κ3) is 6.59. The number of fused-ring (bicyclic) bond motifs is 1. The van der Waals surface area contributed by atoms with Crippen molar-refractivity contribution < 1.29 is 36.3 Å². The van der Waals surface area contributed by atoms with Crippen LogP contribution in [0.25, 0.3) is 33.4 Å². The molecular formula is C33H30F2N5O6S+. The van der Waals surface area contributed by atoms with Gasteiger partial charge in [-0.05, 0) is 58.3 Å². The molecule has 0 aliphatic carbocycles. The van der Waals surface area contributed by atoms with Crippen LogP contribution in [0.3, 0.4) is 0 Å². The van der Waals surface area contributed by atoms with Crippen molar-refractivity contribution in [2.75, 3.05) is 31.8 Å². The molecule has 14 heteroatoms. The zero-order valence-corrected chi connectivity index (χ0v) is 26.5. The molecule has 242 valence electrons. The Morgan fingerprint density at radius 3 is 2.32 bits per heavy atom. The van der Waals surface area contributed by atoms with Crippen LogP contribution in [0.15, 0.2) is 82.3 Å². The molecule has 0 aliphatic heterocycles. The normalized spacial score (nSPS) is 12.3. The van der Waals surface area contributed by atoms with E-state index in [4.69, 9.17) is 14.7 Å². The van der Waals surface area contributed by atoms with Crippen molar-refractivity contribution in [1.29, 1.82) is 5.53 Å². The molecule has 1 unspecified atom stereocenters. The van der Waals surface area contributed by atoms with Gasteiger partial charge in [-0.1, -0.05) is 12.1 Å². The average molecular weight is 663 g/mol. The summed E-state index contributed by atoms with van der Waals surface area (Å²) in [6.07, 6.45) is 1.13. The Morgan fingerprint density at radius 1 is 1.00 bits per heavy atom. The average Bonchev–Trinajstić information content (AvgIpc) is 3.44.